The van der Waals surface area contributed by atoms with E-state index < -0.39 is 0 Å². The molecule has 3 aliphatic rings. The zero-order chi connectivity index (χ0) is 14.2. The SMILES string of the molecule is CN1C2CCCC1CC(NCc1ccc(C3CC3)cc1)C2. The summed E-state index contributed by atoms with van der Waals surface area (Å²) >= 11 is 0. The van der Waals surface area contributed by atoms with Gasteiger partial charge in [0, 0.05) is 24.7 Å². The summed E-state index contributed by atoms with van der Waals surface area (Å²) < 4.78 is 0. The number of fused-ring (bicyclic) bond motifs is 2. The highest BCUT2D eigenvalue weighted by Crippen LogP contribution is 2.40. The van der Waals surface area contributed by atoms with Crippen molar-refractivity contribution in [2.45, 2.75) is 75.5 Å². The van der Waals surface area contributed by atoms with E-state index in [4.69, 9.17) is 0 Å². The van der Waals surface area contributed by atoms with Crippen LogP contribution in [-0.4, -0.2) is 30.1 Å². The third kappa shape index (κ3) is 3.02. The molecule has 1 aromatic carbocycles. The highest BCUT2D eigenvalue weighted by Gasteiger charge is 2.35. The molecule has 1 N–H and O–H groups in total. The summed E-state index contributed by atoms with van der Waals surface area (Å²) in [5.74, 6) is 0.875. The second-order valence-electron chi connectivity index (χ2n) is 7.47. The molecule has 1 saturated carbocycles. The molecule has 2 heteroatoms. The van der Waals surface area contributed by atoms with Gasteiger partial charge in [0.1, 0.15) is 0 Å². The van der Waals surface area contributed by atoms with Crippen molar-refractivity contribution in [3.63, 3.8) is 0 Å². The van der Waals surface area contributed by atoms with E-state index in [1.54, 1.807) is 5.56 Å². The topological polar surface area (TPSA) is 15.3 Å². The second kappa shape index (κ2) is 5.73. The van der Waals surface area contributed by atoms with Gasteiger partial charge in [0.2, 0.25) is 0 Å². The zero-order valence-corrected chi connectivity index (χ0v) is 13.2. The van der Waals surface area contributed by atoms with Gasteiger partial charge in [0.25, 0.3) is 0 Å². The van der Waals surface area contributed by atoms with Gasteiger partial charge in [-0.05, 0) is 62.6 Å². The van der Waals surface area contributed by atoms with Gasteiger partial charge in [-0.15, -0.1) is 0 Å². The number of nitrogens with one attached hydrogen (secondary N) is 1. The minimum absolute atomic E-state index is 0.722. The first-order valence-corrected chi connectivity index (χ1v) is 8.84. The molecule has 0 aromatic heterocycles. The van der Waals surface area contributed by atoms with Crippen molar-refractivity contribution in [2.24, 2.45) is 0 Å². The largest absolute Gasteiger partial charge is 0.310 e. The Morgan fingerprint density at radius 1 is 1.00 bits per heavy atom. The van der Waals surface area contributed by atoms with Crippen LogP contribution >= 0.6 is 0 Å². The molecule has 2 unspecified atom stereocenters. The van der Waals surface area contributed by atoms with Gasteiger partial charge < -0.3 is 10.2 Å². The van der Waals surface area contributed by atoms with E-state index in [-0.39, 0.29) is 0 Å². The van der Waals surface area contributed by atoms with Gasteiger partial charge >= 0.3 is 0 Å². The van der Waals surface area contributed by atoms with E-state index in [1.807, 2.05) is 0 Å². The van der Waals surface area contributed by atoms with Crippen LogP contribution in [-0.2, 0) is 6.54 Å². The average Bonchev–Trinajstić information content (AvgIpc) is 3.31. The Hall–Kier alpha value is -0.860. The van der Waals surface area contributed by atoms with Crippen LogP contribution in [0.5, 0.6) is 0 Å². The van der Waals surface area contributed by atoms with Crippen LogP contribution in [0.15, 0.2) is 24.3 Å². The van der Waals surface area contributed by atoms with E-state index in [0.29, 0.717) is 0 Å². The zero-order valence-electron chi connectivity index (χ0n) is 13.2. The molecule has 4 rings (SSSR count). The van der Waals surface area contributed by atoms with Crippen molar-refractivity contribution in [3.05, 3.63) is 35.4 Å². The molecule has 1 aromatic rings. The highest BCUT2D eigenvalue weighted by atomic mass is 15.2. The molecule has 3 fully saturated rings. The summed E-state index contributed by atoms with van der Waals surface area (Å²) in [4.78, 5) is 2.64. The number of rotatable bonds is 4. The molecule has 21 heavy (non-hydrogen) atoms. The first kappa shape index (κ1) is 13.8. The summed E-state index contributed by atoms with van der Waals surface area (Å²) in [5, 5.41) is 3.82. The first-order chi connectivity index (χ1) is 10.3. The molecule has 2 heterocycles. The summed E-state index contributed by atoms with van der Waals surface area (Å²) in [5.41, 5.74) is 3.00. The lowest BCUT2D eigenvalue weighted by atomic mass is 9.82. The molecule has 1 aliphatic carbocycles. The molecular weight excluding hydrogens is 256 g/mol. The van der Waals surface area contributed by atoms with Crippen LogP contribution in [0.25, 0.3) is 0 Å². The predicted molar refractivity (Wildman–Crippen MR) is 87.5 cm³/mol. The molecule has 2 saturated heterocycles. The Kier molecular flexibility index (Phi) is 3.76. The van der Waals surface area contributed by atoms with Gasteiger partial charge in [-0.3, -0.25) is 0 Å². The molecule has 2 nitrogen and oxygen atoms in total. The van der Waals surface area contributed by atoms with Crippen molar-refractivity contribution >= 4 is 0 Å². The quantitative estimate of drug-likeness (QED) is 0.907. The summed E-state index contributed by atoms with van der Waals surface area (Å²) in [6.45, 7) is 1.04. The highest BCUT2D eigenvalue weighted by molar-refractivity contribution is 5.28. The van der Waals surface area contributed by atoms with Crippen molar-refractivity contribution in [3.8, 4) is 0 Å². The Labute approximate surface area is 128 Å². The lowest BCUT2D eigenvalue weighted by molar-refractivity contribution is 0.0482. The number of hydrogen-bond acceptors (Lipinski definition) is 2. The van der Waals surface area contributed by atoms with Gasteiger partial charge in [-0.1, -0.05) is 30.7 Å². The average molecular weight is 284 g/mol. The fourth-order valence-electron chi connectivity index (χ4n) is 4.37. The van der Waals surface area contributed by atoms with Crippen LogP contribution < -0.4 is 5.32 Å². The predicted octanol–water partition coefficient (Wildman–Crippen LogP) is 3.67. The van der Waals surface area contributed by atoms with Crippen LogP contribution in [0.1, 0.15) is 62.0 Å². The lowest BCUT2D eigenvalue weighted by Gasteiger charge is -2.47. The standard InChI is InChI=1S/C19H28N2/c1-21-18-3-2-4-19(21)12-17(11-18)20-13-14-5-7-15(8-6-14)16-9-10-16/h5-8,16-20H,2-4,9-13H2,1H3. The van der Waals surface area contributed by atoms with Crippen LogP contribution in [0.3, 0.4) is 0 Å². The molecule has 0 amide bonds. The van der Waals surface area contributed by atoms with Crippen molar-refractivity contribution in [1.29, 1.82) is 0 Å². The van der Waals surface area contributed by atoms with E-state index in [2.05, 4.69) is 41.5 Å². The normalized spacial score (nSPS) is 33.1. The fourth-order valence-corrected chi connectivity index (χ4v) is 4.37. The maximum atomic E-state index is 3.82. The molecule has 0 radical (unpaired) electrons. The van der Waals surface area contributed by atoms with E-state index in [1.165, 1.54) is 50.5 Å². The van der Waals surface area contributed by atoms with E-state index in [0.717, 1.165) is 30.6 Å². The lowest BCUT2D eigenvalue weighted by Crippen LogP contribution is -2.54. The smallest absolute Gasteiger partial charge is 0.0208 e. The third-order valence-corrected chi connectivity index (χ3v) is 5.96. The number of benzene rings is 1. The number of hydrogen-bond donors (Lipinski definition) is 1. The first-order valence-electron chi connectivity index (χ1n) is 8.84. The molecule has 0 spiro atoms. The summed E-state index contributed by atoms with van der Waals surface area (Å²) in [6, 6.07) is 11.7. The van der Waals surface area contributed by atoms with Crippen molar-refractivity contribution < 1.29 is 0 Å². The van der Waals surface area contributed by atoms with Crippen LogP contribution in [0.4, 0.5) is 0 Å². The maximum absolute atomic E-state index is 3.82. The van der Waals surface area contributed by atoms with E-state index in [9.17, 15) is 0 Å². The Morgan fingerprint density at radius 3 is 2.29 bits per heavy atom. The minimum atomic E-state index is 0.722. The molecular formula is C19H28N2. The molecule has 2 aliphatic heterocycles. The summed E-state index contributed by atoms with van der Waals surface area (Å²) in [7, 11) is 2.33. The van der Waals surface area contributed by atoms with Crippen LogP contribution in [0.2, 0.25) is 0 Å². The molecule has 2 atom stereocenters. The van der Waals surface area contributed by atoms with Gasteiger partial charge in [-0.25, -0.2) is 0 Å². The van der Waals surface area contributed by atoms with Gasteiger partial charge in [0.05, 0.1) is 0 Å². The fraction of sp³-hybridized carbons (Fsp3) is 0.684. The molecule has 2 bridgehead atoms. The maximum Gasteiger partial charge on any atom is 0.0208 e. The second-order valence-corrected chi connectivity index (χ2v) is 7.47. The Balaban J connectivity index is 1.32. The number of piperidine rings is 2. The Morgan fingerprint density at radius 2 is 1.67 bits per heavy atom. The monoisotopic (exact) mass is 284 g/mol. The third-order valence-electron chi connectivity index (χ3n) is 5.96. The van der Waals surface area contributed by atoms with Gasteiger partial charge in [0.15, 0.2) is 0 Å². The van der Waals surface area contributed by atoms with Crippen molar-refractivity contribution in [1.82, 2.24) is 10.2 Å². The molecule has 114 valence electrons. The number of nitrogens with zero attached hydrogens (tertiary/aromatic N) is 1. The van der Waals surface area contributed by atoms with Crippen LogP contribution in [0, 0.1) is 0 Å². The summed E-state index contributed by atoms with van der Waals surface area (Å²) in [6.07, 6.45) is 9.73. The Bertz CT molecular complexity index is 463. The van der Waals surface area contributed by atoms with Crippen molar-refractivity contribution in [2.75, 3.05) is 7.05 Å². The minimum Gasteiger partial charge on any atom is -0.310 e. The van der Waals surface area contributed by atoms with E-state index >= 15 is 0 Å². The van der Waals surface area contributed by atoms with Gasteiger partial charge in [-0.2, -0.15) is 0 Å².